The highest BCUT2D eigenvalue weighted by Crippen LogP contribution is 2.29. The van der Waals surface area contributed by atoms with E-state index in [1.54, 1.807) is 30.3 Å². The number of rotatable bonds is 3. The zero-order chi connectivity index (χ0) is 19.7. The normalized spacial score (nSPS) is 13.8. The van der Waals surface area contributed by atoms with Gasteiger partial charge in [0.2, 0.25) is 5.82 Å². The van der Waals surface area contributed by atoms with E-state index < -0.39 is 27.7 Å². The minimum Gasteiger partial charge on any atom is -0.329 e. The second-order valence-electron chi connectivity index (χ2n) is 5.51. The molecule has 0 spiro atoms. The molecule has 1 atom stereocenters. The second-order valence-corrected chi connectivity index (χ2v) is 7.77. The van der Waals surface area contributed by atoms with Crippen LogP contribution in [0.1, 0.15) is 16.2 Å². The molecule has 1 unspecified atom stereocenters. The Bertz CT molecular complexity index is 1100. The average Bonchev–Trinajstić information content (AvgIpc) is 3.13. The molecule has 1 heterocycles. The highest BCUT2D eigenvalue weighted by molar-refractivity contribution is 7.93. The molecule has 1 aromatic heterocycles. The van der Waals surface area contributed by atoms with Gasteiger partial charge in [0, 0.05) is 22.3 Å². The first kappa shape index (κ1) is 18.8. The number of carbonyl (C=O) groups is 1. The minimum absolute atomic E-state index is 0.0383. The van der Waals surface area contributed by atoms with Gasteiger partial charge in [0.25, 0.3) is 5.91 Å². The summed E-state index contributed by atoms with van der Waals surface area (Å²) in [6, 6.07) is 13.8. The van der Waals surface area contributed by atoms with Crippen LogP contribution in [0.2, 0.25) is 0 Å². The molecule has 0 saturated heterocycles. The van der Waals surface area contributed by atoms with Gasteiger partial charge in [-0.05, 0) is 24.3 Å². The molecule has 3 aromatic rings. The number of nitrogens with zero attached hydrogens (tertiary/aromatic N) is 3. The van der Waals surface area contributed by atoms with Crippen LogP contribution < -0.4 is 0 Å². The molecule has 0 saturated carbocycles. The Morgan fingerprint density at radius 3 is 2.44 bits per heavy atom. The van der Waals surface area contributed by atoms with Crippen molar-refractivity contribution in [1.82, 2.24) is 10.1 Å². The predicted molar refractivity (Wildman–Crippen MR) is 90.3 cm³/mol. The van der Waals surface area contributed by atoms with Gasteiger partial charge in [-0.3, -0.25) is 4.79 Å². The van der Waals surface area contributed by atoms with E-state index in [0.717, 1.165) is 0 Å². The van der Waals surface area contributed by atoms with Crippen LogP contribution in [0.4, 0.5) is 13.2 Å². The van der Waals surface area contributed by atoms with Crippen LogP contribution in [0.25, 0.3) is 11.4 Å². The van der Waals surface area contributed by atoms with Crippen LogP contribution in [-0.4, -0.2) is 26.5 Å². The van der Waals surface area contributed by atoms with Gasteiger partial charge in [-0.25, -0.2) is 4.21 Å². The van der Waals surface area contributed by atoms with E-state index in [1.165, 1.54) is 30.5 Å². The smallest absolute Gasteiger partial charge is 0.329 e. The summed E-state index contributed by atoms with van der Waals surface area (Å²) in [4.78, 5) is 16.1. The summed E-state index contributed by atoms with van der Waals surface area (Å²) in [5, 5.41) is 3.27. The molecule has 6 nitrogen and oxygen atoms in total. The maximum atomic E-state index is 12.7. The van der Waals surface area contributed by atoms with Gasteiger partial charge in [-0.2, -0.15) is 22.5 Å². The van der Waals surface area contributed by atoms with E-state index >= 15 is 0 Å². The van der Waals surface area contributed by atoms with Crippen molar-refractivity contribution in [3.05, 3.63) is 66.1 Å². The van der Waals surface area contributed by atoms with E-state index in [0.29, 0.717) is 4.90 Å². The van der Waals surface area contributed by atoms with Crippen molar-refractivity contribution in [2.75, 3.05) is 6.26 Å². The number of aromatic nitrogens is 2. The molecule has 0 N–H and O–H groups in total. The van der Waals surface area contributed by atoms with Crippen LogP contribution in [0.3, 0.4) is 0 Å². The average molecular weight is 395 g/mol. The van der Waals surface area contributed by atoms with Crippen LogP contribution >= 0.6 is 0 Å². The summed E-state index contributed by atoms with van der Waals surface area (Å²) in [6.45, 7) is 0. The summed E-state index contributed by atoms with van der Waals surface area (Å²) >= 11 is 0. The number of benzene rings is 2. The maximum absolute atomic E-state index is 12.7. The van der Waals surface area contributed by atoms with Crippen LogP contribution in [0, 0.1) is 0 Å². The van der Waals surface area contributed by atoms with E-state index in [2.05, 4.69) is 19.0 Å². The summed E-state index contributed by atoms with van der Waals surface area (Å²) < 4.78 is 58.4. The summed E-state index contributed by atoms with van der Waals surface area (Å²) in [6.07, 6.45) is -3.43. The Hall–Kier alpha value is -3.01. The number of carbonyl (C=O) groups excluding carboxylic acids is 1. The first-order valence-corrected chi connectivity index (χ1v) is 9.42. The van der Waals surface area contributed by atoms with Gasteiger partial charge < -0.3 is 4.52 Å². The zero-order valence-corrected chi connectivity index (χ0v) is 14.6. The molecule has 0 radical (unpaired) electrons. The highest BCUT2D eigenvalue weighted by atomic mass is 32.2. The fourth-order valence-electron chi connectivity index (χ4n) is 2.18. The van der Waals surface area contributed by atoms with Crippen molar-refractivity contribution in [2.24, 2.45) is 4.36 Å². The lowest BCUT2D eigenvalue weighted by atomic mass is 10.1. The molecular formula is C17H12F3N3O3S. The van der Waals surface area contributed by atoms with Crippen molar-refractivity contribution >= 4 is 15.6 Å². The third-order valence-electron chi connectivity index (χ3n) is 3.47. The predicted octanol–water partition coefficient (Wildman–Crippen LogP) is 4.05. The van der Waals surface area contributed by atoms with Gasteiger partial charge in [0.05, 0.1) is 9.73 Å². The number of amides is 1. The van der Waals surface area contributed by atoms with Gasteiger partial charge in [-0.1, -0.05) is 35.5 Å². The lowest BCUT2D eigenvalue weighted by Gasteiger charge is -2.04. The molecule has 0 aliphatic rings. The standard InChI is InChI=1S/C17H12F3N3O3S/c1-27(25,13-8-3-2-4-9-13)23-15(24)12-7-5-6-11(10-12)14-21-16(26-22-14)17(18,19)20/h2-10H,1H3. The topological polar surface area (TPSA) is 85.4 Å². The number of hydrogen-bond donors (Lipinski definition) is 0. The number of halogens is 3. The van der Waals surface area contributed by atoms with E-state index in [-0.39, 0.29) is 17.0 Å². The third-order valence-corrected chi connectivity index (χ3v) is 5.13. The Balaban J connectivity index is 1.94. The monoisotopic (exact) mass is 395 g/mol. The van der Waals surface area contributed by atoms with Crippen molar-refractivity contribution in [2.45, 2.75) is 11.1 Å². The molecule has 27 heavy (non-hydrogen) atoms. The quantitative estimate of drug-likeness (QED) is 0.668. The zero-order valence-electron chi connectivity index (χ0n) is 13.8. The first-order chi connectivity index (χ1) is 12.7. The van der Waals surface area contributed by atoms with Crippen LogP contribution in [-0.2, 0) is 15.9 Å². The van der Waals surface area contributed by atoms with Gasteiger partial charge in [0.15, 0.2) is 0 Å². The maximum Gasteiger partial charge on any atom is 0.471 e. The van der Waals surface area contributed by atoms with Gasteiger partial charge in [-0.15, -0.1) is 0 Å². The molecular weight excluding hydrogens is 383 g/mol. The second kappa shape index (κ2) is 6.95. The lowest BCUT2D eigenvalue weighted by Crippen LogP contribution is -2.05. The molecule has 0 fully saturated rings. The lowest BCUT2D eigenvalue weighted by molar-refractivity contribution is -0.159. The van der Waals surface area contributed by atoms with Crippen molar-refractivity contribution in [3.8, 4) is 11.4 Å². The minimum atomic E-state index is -4.77. The largest absolute Gasteiger partial charge is 0.471 e. The van der Waals surface area contributed by atoms with E-state index in [9.17, 15) is 22.2 Å². The molecule has 3 rings (SSSR count). The molecule has 1 amide bonds. The molecule has 0 aliphatic carbocycles. The SMILES string of the molecule is CS(=O)(=NC(=O)c1cccc(-c2noc(C(F)(F)F)n2)c1)c1ccccc1. The van der Waals surface area contributed by atoms with Crippen molar-refractivity contribution in [3.63, 3.8) is 0 Å². The van der Waals surface area contributed by atoms with E-state index in [4.69, 9.17) is 0 Å². The number of alkyl halides is 3. The van der Waals surface area contributed by atoms with Crippen molar-refractivity contribution < 1.29 is 26.7 Å². The fourth-order valence-corrected chi connectivity index (χ4v) is 3.37. The Labute approximate surface area is 152 Å². The summed E-state index contributed by atoms with van der Waals surface area (Å²) in [7, 11) is -2.97. The van der Waals surface area contributed by atoms with Crippen molar-refractivity contribution in [1.29, 1.82) is 0 Å². The first-order valence-electron chi connectivity index (χ1n) is 7.50. The van der Waals surface area contributed by atoms with Crippen LogP contribution in [0.5, 0.6) is 0 Å². The highest BCUT2D eigenvalue weighted by Gasteiger charge is 2.38. The van der Waals surface area contributed by atoms with Gasteiger partial charge in [0.1, 0.15) is 0 Å². The Morgan fingerprint density at radius 1 is 1.11 bits per heavy atom. The molecule has 140 valence electrons. The molecule has 2 aromatic carbocycles. The number of hydrogen-bond acceptors (Lipinski definition) is 5. The summed E-state index contributed by atoms with van der Waals surface area (Å²) in [5.41, 5.74) is 0.175. The molecule has 10 heteroatoms. The fraction of sp³-hybridized carbons (Fsp3) is 0.118. The Morgan fingerprint density at radius 2 is 1.81 bits per heavy atom. The van der Waals surface area contributed by atoms with Gasteiger partial charge >= 0.3 is 12.1 Å². The molecule has 0 aliphatic heterocycles. The third kappa shape index (κ3) is 4.22. The van der Waals surface area contributed by atoms with Crippen LogP contribution in [0.15, 0.2) is 68.4 Å². The molecule has 0 bridgehead atoms. The Kier molecular flexibility index (Phi) is 4.83. The van der Waals surface area contributed by atoms with E-state index in [1.807, 2.05) is 0 Å². The summed E-state index contributed by atoms with van der Waals surface area (Å²) in [5.74, 6) is -2.58.